The monoisotopic (exact) mass is 423 g/mol. The Hall–Kier alpha value is -1.88. The zero-order valence-corrected chi connectivity index (χ0v) is 19.1. The lowest BCUT2D eigenvalue weighted by atomic mass is 9.49. The highest BCUT2D eigenvalue weighted by atomic mass is 16.2. The Morgan fingerprint density at radius 2 is 1.65 bits per heavy atom. The number of nitrogens with zero attached hydrogens (tertiary/aromatic N) is 2. The van der Waals surface area contributed by atoms with Gasteiger partial charge in [-0.2, -0.15) is 0 Å². The number of hydrogen-bond acceptors (Lipinski definition) is 3. The minimum atomic E-state index is -0.0953. The van der Waals surface area contributed by atoms with Gasteiger partial charge in [-0.15, -0.1) is 0 Å². The van der Waals surface area contributed by atoms with E-state index in [1.165, 1.54) is 19.3 Å². The molecule has 4 saturated carbocycles. The second-order valence-electron chi connectivity index (χ2n) is 11.1. The van der Waals surface area contributed by atoms with Crippen LogP contribution in [0.3, 0.4) is 0 Å². The highest BCUT2D eigenvalue weighted by Crippen LogP contribution is 2.60. The first-order valence-electron chi connectivity index (χ1n) is 12.2. The second kappa shape index (κ2) is 8.23. The van der Waals surface area contributed by atoms with Crippen LogP contribution < -0.4 is 5.32 Å². The molecule has 5 nitrogen and oxygen atoms in total. The van der Waals surface area contributed by atoms with Gasteiger partial charge in [0.05, 0.1) is 0 Å². The third-order valence-electron chi connectivity index (χ3n) is 8.59. The number of hydrogen-bond donors (Lipinski definition) is 1. The molecule has 5 heteroatoms. The van der Waals surface area contributed by atoms with Gasteiger partial charge in [-0.05, 0) is 101 Å². The molecule has 1 aliphatic heterocycles. The number of piperidine rings is 1. The number of benzene rings is 1. The summed E-state index contributed by atoms with van der Waals surface area (Å²) in [6, 6.07) is 8.29. The Morgan fingerprint density at radius 3 is 2.23 bits per heavy atom. The number of nitrogens with one attached hydrogen (secondary N) is 1. The lowest BCUT2D eigenvalue weighted by molar-refractivity contribution is -0.146. The number of carbonyl (C=O) groups excluding carboxylic acids is 2. The summed E-state index contributed by atoms with van der Waals surface area (Å²) < 4.78 is 0. The van der Waals surface area contributed by atoms with E-state index in [-0.39, 0.29) is 17.2 Å². The molecule has 1 aromatic rings. The van der Waals surface area contributed by atoms with Gasteiger partial charge in [0.2, 0.25) is 5.91 Å². The van der Waals surface area contributed by atoms with Crippen LogP contribution >= 0.6 is 0 Å². The average molecular weight is 424 g/mol. The van der Waals surface area contributed by atoms with Crippen LogP contribution in [0, 0.1) is 23.2 Å². The molecule has 1 N–H and O–H groups in total. The first-order chi connectivity index (χ1) is 14.9. The summed E-state index contributed by atoms with van der Waals surface area (Å²) in [5.41, 5.74) is 1.72. The van der Waals surface area contributed by atoms with Gasteiger partial charge in [-0.3, -0.25) is 9.59 Å². The highest BCUT2D eigenvalue weighted by Gasteiger charge is 2.54. The number of rotatable bonds is 5. The van der Waals surface area contributed by atoms with E-state index in [1.807, 2.05) is 29.2 Å². The van der Waals surface area contributed by atoms with Crippen molar-refractivity contribution in [2.45, 2.75) is 64.0 Å². The Morgan fingerprint density at radius 1 is 1.03 bits per heavy atom. The van der Waals surface area contributed by atoms with Crippen molar-refractivity contribution < 1.29 is 9.59 Å². The predicted octanol–water partition coefficient (Wildman–Crippen LogP) is 3.69. The van der Waals surface area contributed by atoms with Crippen LogP contribution in [0.4, 0.5) is 0 Å². The standard InChI is InChI=1S/C26H37N3O2/c1-28(2)23-4-3-9-29(17-23)24(30)22-7-5-18(6-8-22)16-27-25(31)26-13-19-10-20(14-26)12-21(11-19)15-26/h5-8,19-21,23H,3-4,9-17H2,1-2H3,(H,27,31). The van der Waals surface area contributed by atoms with Crippen molar-refractivity contribution in [3.63, 3.8) is 0 Å². The molecular weight excluding hydrogens is 386 g/mol. The minimum Gasteiger partial charge on any atom is -0.352 e. The molecular formula is C26H37N3O2. The first-order valence-corrected chi connectivity index (χ1v) is 12.2. The Balaban J connectivity index is 1.17. The Bertz CT molecular complexity index is 796. The van der Waals surface area contributed by atoms with Crippen molar-refractivity contribution in [2.75, 3.05) is 27.2 Å². The van der Waals surface area contributed by atoms with Gasteiger partial charge in [0, 0.05) is 36.7 Å². The maximum Gasteiger partial charge on any atom is 0.253 e. The lowest BCUT2D eigenvalue weighted by Gasteiger charge is -2.55. The summed E-state index contributed by atoms with van der Waals surface area (Å²) in [7, 11) is 4.18. The summed E-state index contributed by atoms with van der Waals surface area (Å²) >= 11 is 0. The van der Waals surface area contributed by atoms with Crippen molar-refractivity contribution in [1.29, 1.82) is 0 Å². The van der Waals surface area contributed by atoms with Crippen molar-refractivity contribution in [3.05, 3.63) is 35.4 Å². The largest absolute Gasteiger partial charge is 0.352 e. The third kappa shape index (κ3) is 4.13. The molecule has 0 radical (unpaired) electrons. The molecule has 0 aromatic heterocycles. The molecule has 31 heavy (non-hydrogen) atoms. The SMILES string of the molecule is CN(C)C1CCCN(C(=O)c2ccc(CNC(=O)C34CC5CC(CC(C5)C3)C4)cc2)C1. The molecule has 5 fully saturated rings. The summed E-state index contributed by atoms with van der Waals surface area (Å²) in [6.07, 6.45) is 9.57. The zero-order chi connectivity index (χ0) is 21.6. The van der Waals surface area contributed by atoms with E-state index in [4.69, 9.17) is 0 Å². The van der Waals surface area contributed by atoms with Crippen LogP contribution in [0.15, 0.2) is 24.3 Å². The van der Waals surface area contributed by atoms with Crippen molar-refractivity contribution in [2.24, 2.45) is 23.2 Å². The fourth-order valence-electron chi connectivity index (χ4n) is 7.27. The van der Waals surface area contributed by atoms with Crippen LogP contribution in [0.2, 0.25) is 0 Å². The highest BCUT2D eigenvalue weighted by molar-refractivity contribution is 5.94. The van der Waals surface area contributed by atoms with Gasteiger partial charge in [-0.1, -0.05) is 12.1 Å². The summed E-state index contributed by atoms with van der Waals surface area (Å²) in [6.45, 7) is 2.20. The van der Waals surface area contributed by atoms with Gasteiger partial charge in [0.25, 0.3) is 5.91 Å². The zero-order valence-electron chi connectivity index (χ0n) is 19.1. The summed E-state index contributed by atoms with van der Waals surface area (Å²) in [5.74, 6) is 2.74. The summed E-state index contributed by atoms with van der Waals surface area (Å²) in [4.78, 5) is 30.3. The molecule has 5 aliphatic rings. The topological polar surface area (TPSA) is 52.6 Å². The maximum absolute atomic E-state index is 13.2. The van der Waals surface area contributed by atoms with E-state index in [1.54, 1.807) is 0 Å². The van der Waals surface area contributed by atoms with Gasteiger partial charge in [-0.25, -0.2) is 0 Å². The van der Waals surface area contributed by atoms with Crippen molar-refractivity contribution in [1.82, 2.24) is 15.1 Å². The average Bonchev–Trinajstić information content (AvgIpc) is 2.76. The molecule has 1 unspecified atom stereocenters. The fraction of sp³-hybridized carbons (Fsp3) is 0.692. The van der Waals surface area contributed by atoms with Gasteiger partial charge in [0.15, 0.2) is 0 Å². The van der Waals surface area contributed by atoms with Crippen LogP contribution in [0.5, 0.6) is 0 Å². The molecule has 168 valence electrons. The molecule has 1 saturated heterocycles. The molecule has 6 rings (SSSR count). The number of carbonyl (C=O) groups is 2. The molecule has 1 atom stereocenters. The van der Waals surface area contributed by atoms with Crippen LogP contribution in [0.25, 0.3) is 0 Å². The van der Waals surface area contributed by atoms with Crippen LogP contribution in [0.1, 0.15) is 67.3 Å². The van der Waals surface area contributed by atoms with Gasteiger partial charge < -0.3 is 15.1 Å². The van der Waals surface area contributed by atoms with Crippen molar-refractivity contribution >= 4 is 11.8 Å². The molecule has 4 bridgehead atoms. The van der Waals surface area contributed by atoms with E-state index >= 15 is 0 Å². The van der Waals surface area contributed by atoms with E-state index < -0.39 is 0 Å². The number of likely N-dealkylation sites (tertiary alicyclic amines) is 1. The van der Waals surface area contributed by atoms with E-state index in [0.29, 0.717) is 12.6 Å². The predicted molar refractivity (Wildman–Crippen MR) is 122 cm³/mol. The van der Waals surface area contributed by atoms with Crippen LogP contribution in [-0.4, -0.2) is 54.8 Å². The van der Waals surface area contributed by atoms with Crippen LogP contribution in [-0.2, 0) is 11.3 Å². The van der Waals surface area contributed by atoms with E-state index in [2.05, 4.69) is 24.3 Å². The lowest BCUT2D eigenvalue weighted by Crippen LogP contribution is -2.53. The normalized spacial score (nSPS) is 34.2. The van der Waals surface area contributed by atoms with E-state index in [9.17, 15) is 9.59 Å². The smallest absolute Gasteiger partial charge is 0.253 e. The Kier molecular flexibility index (Phi) is 5.58. The molecule has 4 aliphatic carbocycles. The Labute approximate surface area is 186 Å². The molecule has 2 amide bonds. The molecule has 1 heterocycles. The quantitative estimate of drug-likeness (QED) is 0.786. The summed E-state index contributed by atoms with van der Waals surface area (Å²) in [5, 5.41) is 3.25. The third-order valence-corrected chi connectivity index (χ3v) is 8.59. The van der Waals surface area contributed by atoms with Gasteiger partial charge in [0.1, 0.15) is 0 Å². The van der Waals surface area contributed by atoms with Gasteiger partial charge >= 0.3 is 0 Å². The minimum absolute atomic E-state index is 0.0953. The molecule has 0 spiro atoms. The first kappa shape index (κ1) is 21.0. The fourth-order valence-corrected chi connectivity index (χ4v) is 7.27. The number of likely N-dealkylation sites (N-methyl/N-ethyl adjacent to an activating group) is 1. The maximum atomic E-state index is 13.2. The van der Waals surface area contributed by atoms with E-state index in [0.717, 1.165) is 74.1 Å². The second-order valence-corrected chi connectivity index (χ2v) is 11.1. The number of amides is 2. The molecule has 1 aromatic carbocycles. The van der Waals surface area contributed by atoms with Crippen molar-refractivity contribution in [3.8, 4) is 0 Å².